The number of hydrogen-bond acceptors (Lipinski definition) is 2. The molecule has 2 aliphatic carbocycles. The van der Waals surface area contributed by atoms with Gasteiger partial charge in [0.15, 0.2) is 0 Å². The van der Waals surface area contributed by atoms with E-state index in [1.165, 1.54) is 25.7 Å². The summed E-state index contributed by atoms with van der Waals surface area (Å²) in [4.78, 5) is 11.4. The van der Waals surface area contributed by atoms with Crippen LogP contribution in [-0.2, 0) is 9.53 Å². The maximum atomic E-state index is 11.4. The van der Waals surface area contributed by atoms with E-state index < -0.39 is 0 Å². The van der Waals surface area contributed by atoms with Crippen LogP contribution in [-0.4, -0.2) is 25.2 Å². The molecular formula is C13H23NO2. The van der Waals surface area contributed by atoms with E-state index in [-0.39, 0.29) is 5.91 Å². The summed E-state index contributed by atoms with van der Waals surface area (Å²) in [6.45, 7) is 3.62. The van der Waals surface area contributed by atoms with E-state index in [1.807, 2.05) is 0 Å². The molecule has 2 saturated carbocycles. The monoisotopic (exact) mass is 225 g/mol. The lowest BCUT2D eigenvalue weighted by molar-refractivity contribution is -0.122. The van der Waals surface area contributed by atoms with Gasteiger partial charge < -0.3 is 10.1 Å². The van der Waals surface area contributed by atoms with Crippen molar-refractivity contribution in [2.24, 2.45) is 11.8 Å². The SMILES string of the molecule is C[C@@H]1CCCC[C@@H]1OCCNC(=O)C1CC1. The fourth-order valence-electron chi connectivity index (χ4n) is 2.40. The quantitative estimate of drug-likeness (QED) is 0.728. The molecule has 0 aromatic heterocycles. The van der Waals surface area contributed by atoms with E-state index in [0.29, 0.717) is 31.1 Å². The third kappa shape index (κ3) is 3.48. The van der Waals surface area contributed by atoms with Crippen LogP contribution in [0.3, 0.4) is 0 Å². The molecule has 0 radical (unpaired) electrons. The van der Waals surface area contributed by atoms with Crippen LogP contribution in [0.25, 0.3) is 0 Å². The fourth-order valence-corrected chi connectivity index (χ4v) is 2.40. The van der Waals surface area contributed by atoms with Crippen LogP contribution >= 0.6 is 0 Å². The number of carbonyl (C=O) groups excluding carboxylic acids is 1. The van der Waals surface area contributed by atoms with Gasteiger partial charge in [0.05, 0.1) is 12.7 Å². The van der Waals surface area contributed by atoms with E-state index in [4.69, 9.17) is 4.74 Å². The van der Waals surface area contributed by atoms with E-state index >= 15 is 0 Å². The lowest BCUT2D eigenvalue weighted by Crippen LogP contribution is -2.32. The van der Waals surface area contributed by atoms with Crippen LogP contribution in [0.1, 0.15) is 45.4 Å². The predicted molar refractivity (Wildman–Crippen MR) is 63.1 cm³/mol. The average Bonchev–Trinajstić information content (AvgIpc) is 3.10. The van der Waals surface area contributed by atoms with Crippen molar-refractivity contribution in [3.8, 4) is 0 Å². The summed E-state index contributed by atoms with van der Waals surface area (Å²) in [5.41, 5.74) is 0. The Hall–Kier alpha value is -0.570. The zero-order valence-corrected chi connectivity index (χ0v) is 10.2. The zero-order chi connectivity index (χ0) is 11.4. The van der Waals surface area contributed by atoms with Crippen LogP contribution in [0.15, 0.2) is 0 Å². The Kier molecular flexibility index (Phi) is 4.22. The molecule has 92 valence electrons. The standard InChI is InChI=1S/C13H23NO2/c1-10-4-2-3-5-12(10)16-9-8-14-13(15)11-6-7-11/h10-12H,2-9H2,1H3,(H,14,15)/t10-,12+/m1/s1. The third-order valence-corrected chi connectivity index (χ3v) is 3.71. The number of nitrogens with one attached hydrogen (secondary N) is 1. The van der Waals surface area contributed by atoms with Crippen molar-refractivity contribution >= 4 is 5.91 Å². The van der Waals surface area contributed by atoms with Gasteiger partial charge in [0, 0.05) is 12.5 Å². The highest BCUT2D eigenvalue weighted by molar-refractivity contribution is 5.80. The lowest BCUT2D eigenvalue weighted by Gasteiger charge is -2.28. The van der Waals surface area contributed by atoms with Gasteiger partial charge in [0.2, 0.25) is 5.91 Å². The molecule has 0 aromatic carbocycles. The Morgan fingerprint density at radius 2 is 2.00 bits per heavy atom. The van der Waals surface area contributed by atoms with Gasteiger partial charge >= 0.3 is 0 Å². The summed E-state index contributed by atoms with van der Waals surface area (Å²) in [5.74, 6) is 1.22. The van der Waals surface area contributed by atoms with Crippen molar-refractivity contribution in [2.45, 2.75) is 51.6 Å². The molecule has 0 saturated heterocycles. The number of amides is 1. The second-order valence-electron chi connectivity index (χ2n) is 5.24. The maximum absolute atomic E-state index is 11.4. The molecule has 0 spiro atoms. The van der Waals surface area contributed by atoms with Gasteiger partial charge in [-0.2, -0.15) is 0 Å². The minimum Gasteiger partial charge on any atom is -0.376 e. The molecule has 0 heterocycles. The van der Waals surface area contributed by atoms with E-state index in [0.717, 1.165) is 12.8 Å². The van der Waals surface area contributed by atoms with Crippen molar-refractivity contribution in [2.75, 3.05) is 13.2 Å². The molecule has 1 amide bonds. The first-order valence-electron chi connectivity index (χ1n) is 6.66. The van der Waals surface area contributed by atoms with E-state index in [9.17, 15) is 4.79 Å². The van der Waals surface area contributed by atoms with E-state index in [2.05, 4.69) is 12.2 Å². The summed E-state index contributed by atoms with van der Waals surface area (Å²) < 4.78 is 5.83. The Bertz CT molecular complexity index is 238. The predicted octanol–water partition coefficient (Wildman–Crippen LogP) is 2.11. The minimum absolute atomic E-state index is 0.222. The van der Waals surface area contributed by atoms with Crippen LogP contribution in [0.4, 0.5) is 0 Å². The normalized spacial score (nSPS) is 30.1. The number of hydrogen-bond donors (Lipinski definition) is 1. The highest BCUT2D eigenvalue weighted by atomic mass is 16.5. The molecule has 2 rings (SSSR count). The summed E-state index contributed by atoms with van der Waals surface area (Å²) in [6, 6.07) is 0. The first kappa shape index (κ1) is 11.9. The second kappa shape index (κ2) is 5.67. The summed E-state index contributed by atoms with van der Waals surface area (Å²) in [6.07, 6.45) is 7.70. The number of carbonyl (C=O) groups is 1. The van der Waals surface area contributed by atoms with Crippen molar-refractivity contribution < 1.29 is 9.53 Å². The average molecular weight is 225 g/mol. The molecule has 0 aromatic rings. The molecule has 3 nitrogen and oxygen atoms in total. The Labute approximate surface area is 97.9 Å². The molecule has 16 heavy (non-hydrogen) atoms. The molecular weight excluding hydrogens is 202 g/mol. The molecule has 0 aliphatic heterocycles. The van der Waals surface area contributed by atoms with Crippen LogP contribution in [0.2, 0.25) is 0 Å². The smallest absolute Gasteiger partial charge is 0.223 e. The molecule has 1 N–H and O–H groups in total. The summed E-state index contributed by atoms with van der Waals surface area (Å²) in [5, 5.41) is 2.94. The molecule has 3 heteroatoms. The molecule has 2 aliphatic rings. The fraction of sp³-hybridized carbons (Fsp3) is 0.923. The van der Waals surface area contributed by atoms with E-state index in [1.54, 1.807) is 0 Å². The summed E-state index contributed by atoms with van der Waals surface area (Å²) >= 11 is 0. The van der Waals surface area contributed by atoms with Gasteiger partial charge in [-0.1, -0.05) is 19.8 Å². The van der Waals surface area contributed by atoms with Gasteiger partial charge in [-0.05, 0) is 31.6 Å². The summed E-state index contributed by atoms with van der Waals surface area (Å²) in [7, 11) is 0. The van der Waals surface area contributed by atoms with Gasteiger partial charge in [-0.15, -0.1) is 0 Å². The Morgan fingerprint density at radius 1 is 1.25 bits per heavy atom. The molecule has 2 atom stereocenters. The van der Waals surface area contributed by atoms with Crippen molar-refractivity contribution in [3.05, 3.63) is 0 Å². The molecule has 0 unspecified atom stereocenters. The van der Waals surface area contributed by atoms with Crippen LogP contribution in [0, 0.1) is 11.8 Å². The Morgan fingerprint density at radius 3 is 2.69 bits per heavy atom. The second-order valence-corrected chi connectivity index (χ2v) is 5.24. The highest BCUT2D eigenvalue weighted by Crippen LogP contribution is 2.28. The van der Waals surface area contributed by atoms with Gasteiger partial charge in [0.1, 0.15) is 0 Å². The minimum atomic E-state index is 0.222. The first-order valence-corrected chi connectivity index (χ1v) is 6.66. The topological polar surface area (TPSA) is 38.3 Å². The largest absolute Gasteiger partial charge is 0.376 e. The van der Waals surface area contributed by atoms with Crippen LogP contribution in [0.5, 0.6) is 0 Å². The van der Waals surface area contributed by atoms with Crippen molar-refractivity contribution in [1.82, 2.24) is 5.32 Å². The third-order valence-electron chi connectivity index (χ3n) is 3.71. The van der Waals surface area contributed by atoms with Gasteiger partial charge in [-0.25, -0.2) is 0 Å². The molecule has 0 bridgehead atoms. The molecule has 2 fully saturated rings. The zero-order valence-electron chi connectivity index (χ0n) is 10.2. The highest BCUT2D eigenvalue weighted by Gasteiger charge is 2.29. The Balaban J connectivity index is 1.54. The maximum Gasteiger partial charge on any atom is 0.223 e. The van der Waals surface area contributed by atoms with Gasteiger partial charge in [-0.3, -0.25) is 4.79 Å². The van der Waals surface area contributed by atoms with Crippen molar-refractivity contribution in [3.63, 3.8) is 0 Å². The number of rotatable bonds is 5. The lowest BCUT2D eigenvalue weighted by atomic mass is 9.88. The first-order chi connectivity index (χ1) is 7.77. The van der Waals surface area contributed by atoms with Crippen LogP contribution < -0.4 is 5.32 Å². The van der Waals surface area contributed by atoms with Crippen molar-refractivity contribution in [1.29, 1.82) is 0 Å². The van der Waals surface area contributed by atoms with Gasteiger partial charge in [0.25, 0.3) is 0 Å². The number of ether oxygens (including phenoxy) is 1.